The van der Waals surface area contributed by atoms with E-state index in [-0.39, 0.29) is 0 Å². The Kier molecular flexibility index (Phi) is 5.84. The average Bonchev–Trinajstić information content (AvgIpc) is 2.92. The lowest BCUT2D eigenvalue weighted by Gasteiger charge is -2.18. The summed E-state index contributed by atoms with van der Waals surface area (Å²) in [6, 6.07) is 6.42. The molecule has 23 heavy (non-hydrogen) atoms. The van der Waals surface area contributed by atoms with Gasteiger partial charge in [-0.05, 0) is 57.7 Å². The predicted molar refractivity (Wildman–Crippen MR) is 96.4 cm³/mol. The van der Waals surface area contributed by atoms with Crippen molar-refractivity contribution in [2.75, 3.05) is 5.75 Å². The van der Waals surface area contributed by atoms with Gasteiger partial charge in [0.05, 0.1) is 22.2 Å². The quantitative estimate of drug-likeness (QED) is 0.732. The van der Waals surface area contributed by atoms with Crippen LogP contribution in [0.4, 0.5) is 0 Å². The molecule has 2 rings (SSSR count). The van der Waals surface area contributed by atoms with Gasteiger partial charge in [0, 0.05) is 5.39 Å². The Morgan fingerprint density at radius 1 is 1.04 bits per heavy atom. The second-order valence-corrected chi connectivity index (χ2v) is 10.1. The minimum atomic E-state index is -2.96. The van der Waals surface area contributed by atoms with Crippen molar-refractivity contribution in [3.63, 3.8) is 0 Å². The predicted octanol–water partition coefficient (Wildman–Crippen LogP) is 4.27. The lowest BCUT2D eigenvalue weighted by molar-refractivity contribution is 0.552. The summed E-state index contributed by atoms with van der Waals surface area (Å²) >= 11 is 0. The highest BCUT2D eigenvalue weighted by Crippen LogP contribution is 2.19. The highest BCUT2D eigenvalue weighted by molar-refractivity contribution is 7.92. The highest BCUT2D eigenvalue weighted by Gasteiger charge is 2.27. The fourth-order valence-electron chi connectivity index (χ4n) is 2.61. The topological polar surface area (TPSA) is 62.8 Å². The van der Waals surface area contributed by atoms with E-state index in [0.717, 1.165) is 49.4 Å². The zero-order chi connectivity index (χ0) is 16.9. The number of fused-ring (bicyclic) bond motifs is 1. The van der Waals surface area contributed by atoms with Crippen LogP contribution in [-0.4, -0.2) is 29.1 Å². The number of hydrogen-bond acceptors (Lipinski definition) is 3. The van der Waals surface area contributed by atoms with E-state index in [1.54, 1.807) is 20.8 Å². The minimum Gasteiger partial charge on any atom is -0.278 e. The van der Waals surface area contributed by atoms with Gasteiger partial charge < -0.3 is 0 Å². The van der Waals surface area contributed by atoms with Crippen molar-refractivity contribution in [1.29, 1.82) is 0 Å². The van der Waals surface area contributed by atoms with E-state index in [1.807, 2.05) is 6.20 Å². The molecule has 0 spiro atoms. The SMILES string of the molecule is CC(C)(C)S(=O)(=O)CCCCCCCc1ccc2[nH]ncc2c1. The molecule has 0 bridgehead atoms. The summed E-state index contributed by atoms with van der Waals surface area (Å²) < 4.78 is 23.4. The van der Waals surface area contributed by atoms with Crippen molar-refractivity contribution < 1.29 is 8.42 Å². The normalized spacial score (nSPS) is 12.8. The number of unbranched alkanes of at least 4 members (excludes halogenated alkanes) is 4. The molecule has 1 aromatic heterocycles. The van der Waals surface area contributed by atoms with Crippen LogP contribution in [0.25, 0.3) is 10.9 Å². The Bertz CT molecular complexity index is 727. The van der Waals surface area contributed by atoms with Gasteiger partial charge in [-0.15, -0.1) is 0 Å². The summed E-state index contributed by atoms with van der Waals surface area (Å²) in [5.74, 6) is 0.313. The highest BCUT2D eigenvalue weighted by atomic mass is 32.2. The Balaban J connectivity index is 1.63. The van der Waals surface area contributed by atoms with Gasteiger partial charge >= 0.3 is 0 Å². The van der Waals surface area contributed by atoms with Crippen LogP contribution in [0, 0.1) is 0 Å². The molecular formula is C18H28N2O2S. The third kappa shape index (κ3) is 5.06. The van der Waals surface area contributed by atoms with E-state index < -0.39 is 14.6 Å². The number of hydrogen-bond donors (Lipinski definition) is 1. The van der Waals surface area contributed by atoms with Crippen LogP contribution in [0.2, 0.25) is 0 Å². The molecule has 0 unspecified atom stereocenters. The molecule has 0 fully saturated rings. The first-order valence-electron chi connectivity index (χ1n) is 8.44. The number of benzene rings is 1. The third-order valence-electron chi connectivity index (χ3n) is 4.32. The van der Waals surface area contributed by atoms with Crippen LogP contribution in [0.1, 0.15) is 58.4 Å². The fourth-order valence-corrected chi connectivity index (χ4v) is 3.80. The molecule has 0 saturated carbocycles. The van der Waals surface area contributed by atoms with Crippen LogP contribution in [0.5, 0.6) is 0 Å². The number of aromatic amines is 1. The average molecular weight is 337 g/mol. The molecule has 0 aliphatic heterocycles. The molecule has 0 aliphatic carbocycles. The van der Waals surface area contributed by atoms with Gasteiger partial charge in [0.25, 0.3) is 0 Å². The van der Waals surface area contributed by atoms with Crippen LogP contribution in [0.3, 0.4) is 0 Å². The molecule has 0 saturated heterocycles. The lowest BCUT2D eigenvalue weighted by Crippen LogP contribution is -2.30. The summed E-state index contributed by atoms with van der Waals surface area (Å²) in [6.07, 6.45) is 8.11. The maximum absolute atomic E-state index is 12.0. The number of aromatic nitrogens is 2. The summed E-state index contributed by atoms with van der Waals surface area (Å²) in [4.78, 5) is 0. The number of H-pyrrole nitrogens is 1. The van der Waals surface area contributed by atoms with Gasteiger partial charge in [-0.1, -0.05) is 25.3 Å². The van der Waals surface area contributed by atoms with E-state index in [4.69, 9.17) is 0 Å². The third-order valence-corrected chi connectivity index (χ3v) is 7.01. The second-order valence-electron chi connectivity index (χ2n) is 7.24. The largest absolute Gasteiger partial charge is 0.278 e. The Hall–Kier alpha value is -1.36. The van der Waals surface area contributed by atoms with Gasteiger partial charge in [0.2, 0.25) is 0 Å². The maximum atomic E-state index is 12.0. The standard InChI is InChI=1S/C18H28N2O2S/c1-18(2,3)23(21,22)12-8-6-4-5-7-9-15-10-11-17-16(13-15)14-19-20-17/h10-11,13-14H,4-9,12H2,1-3H3,(H,19,20). The van der Waals surface area contributed by atoms with Gasteiger partial charge in [-0.25, -0.2) is 8.42 Å². The first-order valence-corrected chi connectivity index (χ1v) is 10.1. The fraction of sp³-hybridized carbons (Fsp3) is 0.611. The van der Waals surface area contributed by atoms with Crippen molar-refractivity contribution in [2.24, 2.45) is 0 Å². The van der Waals surface area contributed by atoms with Crippen molar-refractivity contribution in [3.05, 3.63) is 30.0 Å². The molecule has 1 aromatic carbocycles. The molecular weight excluding hydrogens is 308 g/mol. The summed E-state index contributed by atoms with van der Waals surface area (Å²) in [6.45, 7) is 5.33. The molecule has 5 heteroatoms. The van der Waals surface area contributed by atoms with Crippen molar-refractivity contribution in [3.8, 4) is 0 Å². The van der Waals surface area contributed by atoms with E-state index in [2.05, 4.69) is 28.4 Å². The molecule has 0 aliphatic rings. The Morgan fingerprint density at radius 2 is 1.74 bits per heavy atom. The maximum Gasteiger partial charge on any atom is 0.155 e. The summed E-state index contributed by atoms with van der Waals surface area (Å²) in [5.41, 5.74) is 2.42. The molecule has 0 atom stereocenters. The molecule has 1 heterocycles. The van der Waals surface area contributed by atoms with Crippen LogP contribution in [-0.2, 0) is 16.3 Å². The zero-order valence-electron chi connectivity index (χ0n) is 14.4. The number of sulfone groups is 1. The van der Waals surface area contributed by atoms with Crippen molar-refractivity contribution in [1.82, 2.24) is 10.2 Å². The molecule has 1 N–H and O–H groups in total. The number of rotatable bonds is 8. The smallest absolute Gasteiger partial charge is 0.155 e. The Labute approximate surface area is 139 Å². The van der Waals surface area contributed by atoms with Crippen LogP contribution < -0.4 is 0 Å². The van der Waals surface area contributed by atoms with Crippen molar-refractivity contribution >= 4 is 20.7 Å². The minimum absolute atomic E-state index is 0.313. The van der Waals surface area contributed by atoms with E-state index >= 15 is 0 Å². The number of nitrogens with zero attached hydrogens (tertiary/aromatic N) is 1. The first-order chi connectivity index (χ1) is 10.8. The van der Waals surface area contributed by atoms with Gasteiger partial charge in [0.1, 0.15) is 0 Å². The molecule has 4 nitrogen and oxygen atoms in total. The van der Waals surface area contributed by atoms with Gasteiger partial charge in [-0.3, -0.25) is 5.10 Å². The number of nitrogens with one attached hydrogen (secondary N) is 1. The molecule has 128 valence electrons. The molecule has 2 aromatic rings. The summed E-state index contributed by atoms with van der Waals surface area (Å²) in [5, 5.41) is 8.16. The zero-order valence-corrected chi connectivity index (χ0v) is 15.2. The second kappa shape index (κ2) is 7.47. The van der Waals surface area contributed by atoms with E-state index in [0.29, 0.717) is 5.75 Å². The monoisotopic (exact) mass is 336 g/mol. The van der Waals surface area contributed by atoms with Crippen molar-refractivity contribution in [2.45, 2.75) is 64.0 Å². The first kappa shape index (κ1) is 18.0. The van der Waals surface area contributed by atoms with Gasteiger partial charge in [-0.2, -0.15) is 5.10 Å². The van der Waals surface area contributed by atoms with Crippen LogP contribution >= 0.6 is 0 Å². The lowest BCUT2D eigenvalue weighted by atomic mass is 10.0. The van der Waals surface area contributed by atoms with Crippen LogP contribution in [0.15, 0.2) is 24.4 Å². The Morgan fingerprint density at radius 3 is 2.48 bits per heavy atom. The van der Waals surface area contributed by atoms with E-state index in [1.165, 1.54) is 5.56 Å². The van der Waals surface area contributed by atoms with Gasteiger partial charge in [0.15, 0.2) is 9.84 Å². The van der Waals surface area contributed by atoms with E-state index in [9.17, 15) is 8.42 Å². The number of aryl methyl sites for hydroxylation is 1. The summed E-state index contributed by atoms with van der Waals surface area (Å²) in [7, 11) is -2.96. The molecule has 0 radical (unpaired) electrons. The molecule has 0 amide bonds.